The Morgan fingerprint density at radius 2 is 2.00 bits per heavy atom. The van der Waals surface area contributed by atoms with Gasteiger partial charge in [0.25, 0.3) is 0 Å². The van der Waals surface area contributed by atoms with E-state index in [4.69, 9.17) is 10.6 Å². The number of benzene rings is 1. The van der Waals surface area contributed by atoms with Gasteiger partial charge in [-0.1, -0.05) is 23.8 Å². The second-order valence-corrected chi connectivity index (χ2v) is 4.70. The highest BCUT2D eigenvalue weighted by molar-refractivity contribution is 5.32. The number of hydrazine groups is 1. The molecule has 0 amide bonds. The lowest BCUT2D eigenvalue weighted by molar-refractivity contribution is 0.106. The molecule has 1 rings (SSSR count). The summed E-state index contributed by atoms with van der Waals surface area (Å²) in [4.78, 5) is 0. The summed E-state index contributed by atoms with van der Waals surface area (Å²) in [5, 5.41) is 0. The lowest BCUT2D eigenvalue weighted by Gasteiger charge is -2.20. The maximum absolute atomic E-state index is 5.65. The van der Waals surface area contributed by atoms with Crippen LogP contribution in [0.25, 0.3) is 0 Å². The Morgan fingerprint density at radius 1 is 1.29 bits per heavy atom. The number of hydrogen-bond donors (Lipinski definition) is 2. The number of aryl methyl sites for hydroxylation is 2. The molecular weight excluding hydrogens is 212 g/mol. The van der Waals surface area contributed by atoms with Gasteiger partial charge in [0.1, 0.15) is 0 Å². The molecule has 17 heavy (non-hydrogen) atoms. The van der Waals surface area contributed by atoms with Crippen molar-refractivity contribution in [2.45, 2.75) is 45.8 Å². The van der Waals surface area contributed by atoms with Crippen molar-refractivity contribution >= 4 is 0 Å². The first-order valence-corrected chi connectivity index (χ1v) is 6.14. The molecule has 0 spiro atoms. The van der Waals surface area contributed by atoms with Crippen LogP contribution in [0.3, 0.4) is 0 Å². The first-order valence-electron chi connectivity index (χ1n) is 6.14. The molecule has 2 unspecified atom stereocenters. The second kappa shape index (κ2) is 6.74. The van der Waals surface area contributed by atoms with Crippen molar-refractivity contribution in [3.63, 3.8) is 0 Å². The molecule has 1 aromatic rings. The van der Waals surface area contributed by atoms with Crippen LogP contribution in [0.15, 0.2) is 18.2 Å². The van der Waals surface area contributed by atoms with Crippen LogP contribution in [0, 0.1) is 13.8 Å². The summed E-state index contributed by atoms with van der Waals surface area (Å²) in [7, 11) is 1.74. The minimum atomic E-state index is 0.202. The topological polar surface area (TPSA) is 47.3 Å². The normalized spacial score (nSPS) is 14.6. The molecule has 0 aromatic heterocycles. The summed E-state index contributed by atoms with van der Waals surface area (Å²) >= 11 is 0. The van der Waals surface area contributed by atoms with Crippen molar-refractivity contribution in [3.8, 4) is 0 Å². The van der Waals surface area contributed by atoms with Crippen LogP contribution < -0.4 is 11.3 Å². The SMILES string of the molecule is COC(C)CCC(NN)c1ccc(C)cc1C. The first-order chi connectivity index (χ1) is 8.08. The largest absolute Gasteiger partial charge is 0.382 e. The molecule has 3 heteroatoms. The van der Waals surface area contributed by atoms with Crippen LogP contribution in [0.4, 0.5) is 0 Å². The highest BCUT2D eigenvalue weighted by atomic mass is 16.5. The fraction of sp³-hybridized carbons (Fsp3) is 0.571. The molecule has 3 nitrogen and oxygen atoms in total. The van der Waals surface area contributed by atoms with Gasteiger partial charge in [-0.3, -0.25) is 11.3 Å². The minimum Gasteiger partial charge on any atom is -0.382 e. The Bertz CT molecular complexity index is 352. The molecule has 0 saturated heterocycles. The molecule has 0 fully saturated rings. The van der Waals surface area contributed by atoms with E-state index >= 15 is 0 Å². The Balaban J connectivity index is 2.72. The molecule has 1 aromatic carbocycles. The molecule has 0 aliphatic rings. The van der Waals surface area contributed by atoms with Crippen LogP contribution in [-0.4, -0.2) is 13.2 Å². The summed E-state index contributed by atoms with van der Waals surface area (Å²) < 4.78 is 5.26. The summed E-state index contributed by atoms with van der Waals surface area (Å²) in [6.45, 7) is 6.32. The number of nitrogens with one attached hydrogen (secondary N) is 1. The molecule has 0 saturated carbocycles. The lowest BCUT2D eigenvalue weighted by atomic mass is 9.95. The zero-order valence-electron chi connectivity index (χ0n) is 11.3. The third kappa shape index (κ3) is 4.11. The smallest absolute Gasteiger partial charge is 0.0543 e. The third-order valence-electron chi connectivity index (χ3n) is 3.27. The van der Waals surface area contributed by atoms with Crippen molar-refractivity contribution in [3.05, 3.63) is 34.9 Å². The van der Waals surface area contributed by atoms with E-state index in [9.17, 15) is 0 Å². The molecule has 0 radical (unpaired) electrons. The van der Waals surface area contributed by atoms with Gasteiger partial charge in [-0.25, -0.2) is 0 Å². The zero-order valence-corrected chi connectivity index (χ0v) is 11.3. The van der Waals surface area contributed by atoms with Gasteiger partial charge in [0.2, 0.25) is 0 Å². The Morgan fingerprint density at radius 3 is 2.53 bits per heavy atom. The monoisotopic (exact) mass is 236 g/mol. The molecule has 3 N–H and O–H groups in total. The number of nitrogens with two attached hydrogens (primary N) is 1. The van der Waals surface area contributed by atoms with E-state index in [2.05, 4.69) is 44.4 Å². The van der Waals surface area contributed by atoms with E-state index in [0.717, 1.165) is 12.8 Å². The minimum absolute atomic E-state index is 0.202. The molecule has 0 heterocycles. The number of methoxy groups -OCH3 is 1. The van der Waals surface area contributed by atoms with Crippen LogP contribution in [0.2, 0.25) is 0 Å². The van der Waals surface area contributed by atoms with Crippen molar-refractivity contribution in [2.24, 2.45) is 5.84 Å². The van der Waals surface area contributed by atoms with E-state index in [0.29, 0.717) is 0 Å². The van der Waals surface area contributed by atoms with Gasteiger partial charge in [-0.15, -0.1) is 0 Å². The molecule has 0 bridgehead atoms. The summed E-state index contributed by atoms with van der Waals surface area (Å²) in [6, 6.07) is 6.69. The second-order valence-electron chi connectivity index (χ2n) is 4.70. The molecular formula is C14H24N2O. The van der Waals surface area contributed by atoms with Crippen molar-refractivity contribution in [1.29, 1.82) is 0 Å². The maximum atomic E-state index is 5.65. The number of rotatable bonds is 6. The van der Waals surface area contributed by atoms with Crippen molar-refractivity contribution < 1.29 is 4.74 Å². The van der Waals surface area contributed by atoms with Gasteiger partial charge >= 0.3 is 0 Å². The summed E-state index contributed by atoms with van der Waals surface area (Å²) in [6.07, 6.45) is 2.25. The van der Waals surface area contributed by atoms with Crippen LogP contribution in [-0.2, 0) is 4.74 Å². The molecule has 0 aliphatic carbocycles. The van der Waals surface area contributed by atoms with Crippen LogP contribution >= 0.6 is 0 Å². The average Bonchev–Trinajstić information content (AvgIpc) is 2.31. The van der Waals surface area contributed by atoms with E-state index in [-0.39, 0.29) is 12.1 Å². The van der Waals surface area contributed by atoms with Crippen molar-refractivity contribution in [2.75, 3.05) is 7.11 Å². The summed E-state index contributed by atoms with van der Waals surface area (Å²) in [5.41, 5.74) is 6.76. The van der Waals surface area contributed by atoms with Gasteiger partial charge in [0.15, 0.2) is 0 Å². The Kier molecular flexibility index (Phi) is 5.62. The average molecular weight is 236 g/mol. The molecule has 2 atom stereocenters. The van der Waals surface area contributed by atoms with E-state index in [1.54, 1.807) is 7.11 Å². The van der Waals surface area contributed by atoms with Gasteiger partial charge in [0.05, 0.1) is 6.10 Å². The number of hydrogen-bond acceptors (Lipinski definition) is 3. The van der Waals surface area contributed by atoms with E-state index < -0.39 is 0 Å². The summed E-state index contributed by atoms with van der Waals surface area (Å²) in [5.74, 6) is 5.65. The van der Waals surface area contributed by atoms with Crippen LogP contribution in [0.1, 0.15) is 42.5 Å². The third-order valence-corrected chi connectivity index (χ3v) is 3.27. The first kappa shape index (κ1) is 14.2. The van der Waals surface area contributed by atoms with Gasteiger partial charge in [-0.2, -0.15) is 0 Å². The van der Waals surface area contributed by atoms with Crippen LogP contribution in [0.5, 0.6) is 0 Å². The van der Waals surface area contributed by atoms with E-state index in [1.807, 2.05) is 0 Å². The Hall–Kier alpha value is -0.900. The Labute approximate surface area is 104 Å². The molecule has 0 aliphatic heterocycles. The predicted octanol–water partition coefficient (Wildman–Crippen LogP) is 2.62. The quantitative estimate of drug-likeness (QED) is 0.589. The maximum Gasteiger partial charge on any atom is 0.0543 e. The standard InChI is InChI=1S/C14H24N2O/c1-10-5-7-13(11(2)9-10)14(16-15)8-6-12(3)17-4/h5,7,9,12,14,16H,6,8,15H2,1-4H3. The zero-order chi connectivity index (χ0) is 12.8. The van der Waals surface area contributed by atoms with Gasteiger partial charge < -0.3 is 4.74 Å². The lowest BCUT2D eigenvalue weighted by Crippen LogP contribution is -2.29. The predicted molar refractivity (Wildman–Crippen MR) is 71.7 cm³/mol. The van der Waals surface area contributed by atoms with Gasteiger partial charge in [-0.05, 0) is 44.7 Å². The number of ether oxygens (including phenoxy) is 1. The fourth-order valence-electron chi connectivity index (χ4n) is 2.06. The fourth-order valence-corrected chi connectivity index (χ4v) is 2.06. The van der Waals surface area contributed by atoms with Gasteiger partial charge in [0, 0.05) is 13.2 Å². The molecule has 96 valence electrons. The van der Waals surface area contributed by atoms with Crippen molar-refractivity contribution in [1.82, 2.24) is 5.43 Å². The highest BCUT2D eigenvalue weighted by Crippen LogP contribution is 2.23. The van der Waals surface area contributed by atoms with E-state index in [1.165, 1.54) is 16.7 Å². The highest BCUT2D eigenvalue weighted by Gasteiger charge is 2.13.